The number of hydrogen-bond acceptors (Lipinski definition) is 3. The fourth-order valence-electron chi connectivity index (χ4n) is 1.90. The zero-order valence-corrected chi connectivity index (χ0v) is 14.0. The Morgan fingerprint density at radius 2 is 2.05 bits per heavy atom. The highest BCUT2D eigenvalue weighted by Crippen LogP contribution is 2.23. The van der Waals surface area contributed by atoms with Crippen LogP contribution in [0.15, 0.2) is 33.2 Å². The fourth-order valence-corrected chi connectivity index (χ4v) is 2.34. The zero-order chi connectivity index (χ0) is 15.4. The summed E-state index contributed by atoms with van der Waals surface area (Å²) < 4.78 is 25.2. The summed E-state index contributed by atoms with van der Waals surface area (Å²) in [4.78, 5) is 0. The molecule has 1 aromatic carbocycles. The fraction of sp³-hybridized carbons (Fsp3) is 0.375. The third-order valence-corrected chi connectivity index (χ3v) is 3.44. The number of ether oxygens (including phenoxy) is 1. The minimum absolute atomic E-state index is 0.329. The Labute approximate surface area is 132 Å². The number of benzene rings is 1. The summed E-state index contributed by atoms with van der Waals surface area (Å²) in [6.45, 7) is 7.11. The molecule has 1 heterocycles. The first-order valence-electron chi connectivity index (χ1n) is 6.84. The molecule has 0 unspecified atom stereocenters. The predicted octanol–water partition coefficient (Wildman–Crippen LogP) is 4.57. The third kappa shape index (κ3) is 4.86. The summed E-state index contributed by atoms with van der Waals surface area (Å²) >= 11 is 3.25. The van der Waals surface area contributed by atoms with Gasteiger partial charge in [-0.1, -0.05) is 29.8 Å². The maximum Gasteiger partial charge on any atom is 0.128 e. The number of hydrogen-bond donors (Lipinski definition) is 1. The van der Waals surface area contributed by atoms with Crippen LogP contribution in [0.25, 0.3) is 0 Å². The first kappa shape index (κ1) is 16.0. The highest BCUT2D eigenvalue weighted by molar-refractivity contribution is 9.10. The van der Waals surface area contributed by atoms with Gasteiger partial charge in [-0.15, -0.1) is 0 Å². The molecule has 0 spiro atoms. The number of halogens is 2. The van der Waals surface area contributed by atoms with E-state index in [2.05, 4.69) is 35.1 Å². The molecule has 2 aromatic rings. The van der Waals surface area contributed by atoms with E-state index in [0.29, 0.717) is 29.4 Å². The second-order valence-electron chi connectivity index (χ2n) is 5.22. The molecule has 0 amide bonds. The van der Waals surface area contributed by atoms with E-state index in [-0.39, 0.29) is 5.82 Å². The monoisotopic (exact) mass is 355 g/mol. The molecule has 0 saturated heterocycles. The lowest BCUT2D eigenvalue weighted by Gasteiger charge is -2.06. The smallest absolute Gasteiger partial charge is 0.128 e. The van der Waals surface area contributed by atoms with Gasteiger partial charge in [-0.2, -0.15) is 0 Å². The van der Waals surface area contributed by atoms with Gasteiger partial charge in [0.2, 0.25) is 0 Å². The Hall–Kier alpha value is -1.33. The summed E-state index contributed by atoms with van der Waals surface area (Å²) in [5.74, 6) is 1.86. The van der Waals surface area contributed by atoms with Gasteiger partial charge in [-0.3, -0.25) is 0 Å². The average molecular weight is 356 g/mol. The van der Waals surface area contributed by atoms with Crippen LogP contribution in [0.5, 0.6) is 5.75 Å². The first-order valence-corrected chi connectivity index (χ1v) is 7.64. The van der Waals surface area contributed by atoms with Crippen LogP contribution in [0.4, 0.5) is 4.39 Å². The quantitative estimate of drug-likeness (QED) is 0.824. The second kappa shape index (κ2) is 7.09. The van der Waals surface area contributed by atoms with Gasteiger partial charge in [-0.05, 0) is 25.1 Å². The maximum absolute atomic E-state index is 13.3. The van der Waals surface area contributed by atoms with Gasteiger partial charge in [0.1, 0.15) is 29.7 Å². The van der Waals surface area contributed by atoms with E-state index in [1.165, 1.54) is 12.1 Å². The molecule has 3 nitrogen and oxygen atoms in total. The van der Waals surface area contributed by atoms with Crippen molar-refractivity contribution in [3.05, 3.63) is 51.6 Å². The molecule has 0 radical (unpaired) electrons. The van der Waals surface area contributed by atoms with Gasteiger partial charge < -0.3 is 14.5 Å². The Morgan fingerprint density at radius 1 is 1.29 bits per heavy atom. The lowest BCUT2D eigenvalue weighted by molar-refractivity contribution is 0.301. The Balaban J connectivity index is 1.99. The molecule has 1 N–H and O–H groups in total. The number of nitrogens with one attached hydrogen (secondary N) is 1. The van der Waals surface area contributed by atoms with E-state index in [0.717, 1.165) is 17.1 Å². The largest absolute Gasteiger partial charge is 0.489 e. The van der Waals surface area contributed by atoms with Crippen LogP contribution < -0.4 is 10.1 Å². The van der Waals surface area contributed by atoms with E-state index in [1.807, 2.05) is 13.0 Å². The Kier molecular flexibility index (Phi) is 5.42. The van der Waals surface area contributed by atoms with Crippen molar-refractivity contribution in [2.45, 2.75) is 40.0 Å². The highest BCUT2D eigenvalue weighted by atomic mass is 79.9. The van der Waals surface area contributed by atoms with Crippen LogP contribution in [0.2, 0.25) is 0 Å². The second-order valence-corrected chi connectivity index (χ2v) is 6.14. The zero-order valence-electron chi connectivity index (χ0n) is 12.4. The van der Waals surface area contributed by atoms with Crippen molar-refractivity contribution in [1.29, 1.82) is 0 Å². The molecule has 0 atom stereocenters. The van der Waals surface area contributed by atoms with E-state index in [4.69, 9.17) is 9.15 Å². The van der Waals surface area contributed by atoms with Gasteiger partial charge in [0.05, 0.1) is 6.54 Å². The van der Waals surface area contributed by atoms with Crippen LogP contribution in [0.1, 0.15) is 30.9 Å². The summed E-state index contributed by atoms with van der Waals surface area (Å²) in [5.41, 5.74) is 0.968. The van der Waals surface area contributed by atoms with Crippen LogP contribution in [0.3, 0.4) is 0 Å². The van der Waals surface area contributed by atoms with Gasteiger partial charge in [0.25, 0.3) is 0 Å². The van der Waals surface area contributed by atoms with Gasteiger partial charge in [0.15, 0.2) is 0 Å². The van der Waals surface area contributed by atoms with E-state index < -0.39 is 0 Å². The number of rotatable bonds is 6. The van der Waals surface area contributed by atoms with Crippen molar-refractivity contribution < 1.29 is 13.5 Å². The average Bonchev–Trinajstić information content (AvgIpc) is 2.73. The summed E-state index contributed by atoms with van der Waals surface area (Å²) in [6, 6.07) is 6.87. The van der Waals surface area contributed by atoms with Crippen LogP contribution >= 0.6 is 15.9 Å². The molecule has 0 fully saturated rings. The number of furan rings is 1. The Bertz CT molecular complexity index is 590. The van der Waals surface area contributed by atoms with Gasteiger partial charge in [-0.25, -0.2) is 4.39 Å². The standard InChI is InChI=1S/C16H19BrFNO2/c1-10(2)19-8-16-4-12(11(3)21-16)9-20-15-6-13(17)5-14(18)7-15/h4-7,10,19H,8-9H2,1-3H3. The summed E-state index contributed by atoms with van der Waals surface area (Å²) in [5, 5.41) is 3.30. The Morgan fingerprint density at radius 3 is 2.71 bits per heavy atom. The lowest BCUT2D eigenvalue weighted by atomic mass is 10.2. The predicted molar refractivity (Wildman–Crippen MR) is 83.9 cm³/mol. The molecular weight excluding hydrogens is 337 g/mol. The first-order chi connectivity index (χ1) is 9.94. The number of aryl methyl sites for hydroxylation is 1. The summed E-state index contributed by atoms with van der Waals surface area (Å²) in [7, 11) is 0. The van der Waals surface area contributed by atoms with E-state index >= 15 is 0 Å². The van der Waals surface area contributed by atoms with Crippen molar-refractivity contribution in [1.82, 2.24) is 5.32 Å². The van der Waals surface area contributed by atoms with Crippen LogP contribution in [0, 0.1) is 12.7 Å². The molecule has 0 bridgehead atoms. The van der Waals surface area contributed by atoms with Crippen LogP contribution in [-0.2, 0) is 13.2 Å². The van der Waals surface area contributed by atoms with Crippen molar-refractivity contribution >= 4 is 15.9 Å². The molecule has 2 rings (SSSR count). The molecular formula is C16H19BrFNO2. The molecule has 0 aliphatic heterocycles. The minimum atomic E-state index is -0.329. The molecule has 5 heteroatoms. The van der Waals surface area contributed by atoms with Crippen LogP contribution in [-0.4, -0.2) is 6.04 Å². The van der Waals surface area contributed by atoms with Crippen molar-refractivity contribution in [2.75, 3.05) is 0 Å². The molecule has 0 aliphatic carbocycles. The molecule has 21 heavy (non-hydrogen) atoms. The molecule has 114 valence electrons. The molecule has 0 saturated carbocycles. The highest BCUT2D eigenvalue weighted by Gasteiger charge is 2.09. The third-order valence-electron chi connectivity index (χ3n) is 2.99. The minimum Gasteiger partial charge on any atom is -0.489 e. The SMILES string of the molecule is Cc1oc(CNC(C)C)cc1COc1cc(F)cc(Br)c1. The topological polar surface area (TPSA) is 34.4 Å². The van der Waals surface area contributed by atoms with Crippen molar-refractivity contribution in [3.8, 4) is 5.75 Å². The van der Waals surface area contributed by atoms with E-state index in [9.17, 15) is 4.39 Å². The maximum atomic E-state index is 13.3. The van der Waals surface area contributed by atoms with E-state index in [1.54, 1.807) is 6.07 Å². The molecule has 1 aromatic heterocycles. The summed E-state index contributed by atoms with van der Waals surface area (Å²) in [6.07, 6.45) is 0. The molecule has 0 aliphatic rings. The van der Waals surface area contributed by atoms with Crippen molar-refractivity contribution in [2.24, 2.45) is 0 Å². The lowest BCUT2D eigenvalue weighted by Crippen LogP contribution is -2.21. The van der Waals surface area contributed by atoms with Crippen molar-refractivity contribution in [3.63, 3.8) is 0 Å². The van der Waals surface area contributed by atoms with Gasteiger partial charge >= 0.3 is 0 Å². The normalized spacial score (nSPS) is 11.1. The van der Waals surface area contributed by atoms with Gasteiger partial charge in [0, 0.05) is 22.1 Å².